The summed E-state index contributed by atoms with van der Waals surface area (Å²) in [5.74, 6) is 0.933. The highest BCUT2D eigenvalue weighted by Crippen LogP contribution is 2.20. The third kappa shape index (κ3) is 7.18. The van der Waals surface area contributed by atoms with Crippen LogP contribution < -0.4 is 5.32 Å². The number of hydrogen-bond donors (Lipinski definition) is 2. The standard InChI is InChI=1S/C17H28N2O2S/c1-6-19(12-17(4,5)21)16(20)18-15-9-7-8-14(10-15)11-22-13(2)3/h7-10,13,21H,6,11-12H2,1-5H3,(H,18,20). The molecule has 0 aliphatic carbocycles. The molecule has 0 saturated heterocycles. The van der Waals surface area contributed by atoms with Crippen LogP contribution in [0.1, 0.15) is 40.2 Å². The Morgan fingerprint density at radius 1 is 1.41 bits per heavy atom. The number of thioether (sulfide) groups is 1. The van der Waals surface area contributed by atoms with E-state index in [-0.39, 0.29) is 6.03 Å². The normalized spacial score (nSPS) is 11.6. The second kappa shape index (κ2) is 8.44. The average molecular weight is 324 g/mol. The number of rotatable bonds is 7. The molecular formula is C17H28N2O2S. The lowest BCUT2D eigenvalue weighted by atomic mass is 10.1. The highest BCUT2D eigenvalue weighted by molar-refractivity contribution is 7.99. The van der Waals surface area contributed by atoms with Gasteiger partial charge in [-0.2, -0.15) is 11.8 Å². The monoisotopic (exact) mass is 324 g/mol. The van der Waals surface area contributed by atoms with Crippen LogP contribution in [0.3, 0.4) is 0 Å². The molecule has 2 N–H and O–H groups in total. The molecule has 1 rings (SSSR count). The zero-order valence-electron chi connectivity index (χ0n) is 14.2. The molecule has 0 aliphatic rings. The number of aliphatic hydroxyl groups is 1. The first-order valence-corrected chi connectivity index (χ1v) is 8.75. The van der Waals surface area contributed by atoms with Gasteiger partial charge in [0.15, 0.2) is 0 Å². The summed E-state index contributed by atoms with van der Waals surface area (Å²) in [4.78, 5) is 13.9. The maximum Gasteiger partial charge on any atom is 0.321 e. The van der Waals surface area contributed by atoms with Gasteiger partial charge >= 0.3 is 6.03 Å². The molecule has 124 valence electrons. The predicted molar refractivity (Wildman–Crippen MR) is 95.4 cm³/mol. The van der Waals surface area contributed by atoms with Gasteiger partial charge in [0.1, 0.15) is 0 Å². The molecule has 1 aromatic rings. The van der Waals surface area contributed by atoms with Crippen LogP contribution in [0.2, 0.25) is 0 Å². The van der Waals surface area contributed by atoms with Crippen LogP contribution in [0.4, 0.5) is 10.5 Å². The zero-order chi connectivity index (χ0) is 16.8. The fourth-order valence-corrected chi connectivity index (χ4v) is 2.70. The van der Waals surface area contributed by atoms with Gasteiger partial charge in [-0.1, -0.05) is 26.0 Å². The lowest BCUT2D eigenvalue weighted by molar-refractivity contribution is 0.0501. The molecule has 0 radical (unpaired) electrons. The Balaban J connectivity index is 2.68. The van der Waals surface area contributed by atoms with Gasteiger partial charge in [0.05, 0.1) is 12.1 Å². The van der Waals surface area contributed by atoms with E-state index in [9.17, 15) is 9.90 Å². The average Bonchev–Trinajstić information content (AvgIpc) is 2.42. The van der Waals surface area contributed by atoms with Crippen molar-refractivity contribution in [3.05, 3.63) is 29.8 Å². The lowest BCUT2D eigenvalue weighted by Crippen LogP contribution is -2.44. The van der Waals surface area contributed by atoms with Gasteiger partial charge in [0.25, 0.3) is 0 Å². The van der Waals surface area contributed by atoms with E-state index in [1.54, 1.807) is 18.7 Å². The van der Waals surface area contributed by atoms with Crippen molar-refractivity contribution in [1.29, 1.82) is 0 Å². The quantitative estimate of drug-likeness (QED) is 0.798. The van der Waals surface area contributed by atoms with Gasteiger partial charge in [-0.3, -0.25) is 0 Å². The highest BCUT2D eigenvalue weighted by atomic mass is 32.2. The molecule has 0 aromatic heterocycles. The minimum Gasteiger partial charge on any atom is -0.389 e. The summed E-state index contributed by atoms with van der Waals surface area (Å²) in [6.45, 7) is 10.5. The van der Waals surface area contributed by atoms with Gasteiger partial charge in [-0.25, -0.2) is 4.79 Å². The molecule has 2 amide bonds. The minimum absolute atomic E-state index is 0.182. The number of nitrogens with zero attached hydrogens (tertiary/aromatic N) is 1. The number of likely N-dealkylation sites (N-methyl/N-ethyl adjacent to an activating group) is 1. The van der Waals surface area contributed by atoms with Crippen molar-refractivity contribution in [3.63, 3.8) is 0 Å². The number of benzene rings is 1. The molecule has 0 spiro atoms. The number of hydrogen-bond acceptors (Lipinski definition) is 3. The van der Waals surface area contributed by atoms with Crippen LogP contribution in [0.25, 0.3) is 0 Å². The van der Waals surface area contributed by atoms with Crippen LogP contribution in [-0.2, 0) is 5.75 Å². The van der Waals surface area contributed by atoms with E-state index >= 15 is 0 Å². The van der Waals surface area contributed by atoms with Crippen LogP contribution in [0, 0.1) is 0 Å². The van der Waals surface area contributed by atoms with E-state index in [0.29, 0.717) is 18.3 Å². The Morgan fingerprint density at radius 3 is 2.64 bits per heavy atom. The van der Waals surface area contributed by atoms with E-state index in [0.717, 1.165) is 11.4 Å². The second-order valence-electron chi connectivity index (χ2n) is 6.32. The van der Waals surface area contributed by atoms with Crippen LogP contribution >= 0.6 is 11.8 Å². The summed E-state index contributed by atoms with van der Waals surface area (Å²) < 4.78 is 0. The minimum atomic E-state index is -0.900. The Morgan fingerprint density at radius 2 is 2.09 bits per heavy atom. The van der Waals surface area contributed by atoms with Gasteiger partial charge in [-0.05, 0) is 43.7 Å². The molecular weight excluding hydrogens is 296 g/mol. The molecule has 4 nitrogen and oxygen atoms in total. The SMILES string of the molecule is CCN(CC(C)(C)O)C(=O)Nc1cccc(CSC(C)C)c1. The lowest BCUT2D eigenvalue weighted by Gasteiger charge is -2.28. The molecule has 0 fully saturated rings. The maximum absolute atomic E-state index is 12.3. The second-order valence-corrected chi connectivity index (χ2v) is 7.88. The number of amides is 2. The first-order chi connectivity index (χ1) is 10.2. The molecule has 0 atom stereocenters. The van der Waals surface area contributed by atoms with Gasteiger partial charge in [0, 0.05) is 18.0 Å². The number of carbonyl (C=O) groups excluding carboxylic acids is 1. The summed E-state index contributed by atoms with van der Waals surface area (Å²) >= 11 is 1.87. The largest absolute Gasteiger partial charge is 0.389 e. The molecule has 0 heterocycles. The molecule has 5 heteroatoms. The van der Waals surface area contributed by atoms with Gasteiger partial charge < -0.3 is 15.3 Å². The van der Waals surface area contributed by atoms with Crippen LogP contribution in [-0.4, -0.2) is 40.0 Å². The third-order valence-corrected chi connectivity index (χ3v) is 4.17. The van der Waals surface area contributed by atoms with Crippen molar-refractivity contribution in [2.24, 2.45) is 0 Å². The van der Waals surface area contributed by atoms with Gasteiger partial charge in [-0.15, -0.1) is 0 Å². The van der Waals surface area contributed by atoms with Crippen molar-refractivity contribution in [2.75, 3.05) is 18.4 Å². The van der Waals surface area contributed by atoms with E-state index in [1.165, 1.54) is 5.56 Å². The first kappa shape index (κ1) is 18.8. The fourth-order valence-electron chi connectivity index (χ4n) is 2.00. The summed E-state index contributed by atoms with van der Waals surface area (Å²) in [7, 11) is 0. The number of nitrogens with one attached hydrogen (secondary N) is 1. The summed E-state index contributed by atoms with van der Waals surface area (Å²) in [5.41, 5.74) is 1.09. The number of anilines is 1. The van der Waals surface area contributed by atoms with E-state index in [4.69, 9.17) is 0 Å². The maximum atomic E-state index is 12.3. The Bertz CT molecular complexity index is 484. The molecule has 0 aliphatic heterocycles. The highest BCUT2D eigenvalue weighted by Gasteiger charge is 2.21. The smallest absolute Gasteiger partial charge is 0.321 e. The number of urea groups is 1. The molecule has 0 saturated carbocycles. The van der Waals surface area contributed by atoms with Crippen molar-refractivity contribution in [2.45, 2.75) is 51.2 Å². The first-order valence-electron chi connectivity index (χ1n) is 7.70. The number of carbonyl (C=O) groups is 1. The summed E-state index contributed by atoms with van der Waals surface area (Å²) in [6, 6.07) is 7.74. The van der Waals surface area contributed by atoms with Crippen molar-refractivity contribution < 1.29 is 9.90 Å². The van der Waals surface area contributed by atoms with E-state index < -0.39 is 5.60 Å². The Hall–Kier alpha value is -1.20. The summed E-state index contributed by atoms with van der Waals surface area (Å²) in [6.07, 6.45) is 0. The van der Waals surface area contributed by atoms with Crippen molar-refractivity contribution >= 4 is 23.5 Å². The van der Waals surface area contributed by atoms with Crippen molar-refractivity contribution in [3.8, 4) is 0 Å². The summed E-state index contributed by atoms with van der Waals surface area (Å²) in [5, 5.41) is 13.4. The van der Waals surface area contributed by atoms with Gasteiger partial charge in [0.2, 0.25) is 0 Å². The molecule has 1 aromatic carbocycles. The topological polar surface area (TPSA) is 52.6 Å². The van der Waals surface area contributed by atoms with Crippen molar-refractivity contribution in [1.82, 2.24) is 4.90 Å². The zero-order valence-corrected chi connectivity index (χ0v) is 15.0. The molecule has 0 bridgehead atoms. The van der Waals surface area contributed by atoms with E-state index in [2.05, 4.69) is 25.2 Å². The molecule has 22 heavy (non-hydrogen) atoms. The molecule has 0 unspecified atom stereocenters. The predicted octanol–water partition coefficient (Wildman–Crippen LogP) is 3.95. The Labute approximate surface area is 138 Å². The Kier molecular flexibility index (Phi) is 7.23. The fraction of sp³-hybridized carbons (Fsp3) is 0.588. The van der Waals surface area contributed by atoms with Crippen LogP contribution in [0.5, 0.6) is 0 Å². The third-order valence-electron chi connectivity index (χ3n) is 3.01. The van der Waals surface area contributed by atoms with E-state index in [1.807, 2.05) is 36.9 Å². The van der Waals surface area contributed by atoms with Crippen LogP contribution in [0.15, 0.2) is 24.3 Å².